The maximum Gasteiger partial charge on any atom is 0.0977 e. The van der Waals surface area contributed by atoms with Crippen LogP contribution in [0.15, 0.2) is 30.3 Å². The Morgan fingerprint density at radius 2 is 1.94 bits per heavy atom. The van der Waals surface area contributed by atoms with Gasteiger partial charge in [0.05, 0.1) is 6.10 Å². The third-order valence-electron chi connectivity index (χ3n) is 3.59. The first-order valence-corrected chi connectivity index (χ1v) is 7.25. The van der Waals surface area contributed by atoms with E-state index in [0.717, 1.165) is 19.1 Å². The van der Waals surface area contributed by atoms with Gasteiger partial charge in [-0.3, -0.25) is 0 Å². The number of nitrogens with one attached hydrogen (secondary N) is 1. The van der Waals surface area contributed by atoms with Crippen molar-refractivity contribution in [3.8, 4) is 0 Å². The molecule has 1 aliphatic carbocycles. The highest BCUT2D eigenvalue weighted by molar-refractivity contribution is 5.19. The van der Waals surface area contributed by atoms with Crippen LogP contribution in [0.25, 0.3) is 0 Å². The molecule has 2 atom stereocenters. The quantitative estimate of drug-likeness (QED) is 0.758. The van der Waals surface area contributed by atoms with E-state index in [1.807, 2.05) is 0 Å². The van der Waals surface area contributed by atoms with Crippen molar-refractivity contribution in [1.29, 1.82) is 0 Å². The molecule has 2 nitrogen and oxygen atoms in total. The standard InChI is InChI=1S/C16H25NO/c1-3-17-15(12-13-10-11-13)16(18-4-2)14-8-6-5-7-9-14/h5-9,13,15-17H,3-4,10-12H2,1-2H3. The maximum absolute atomic E-state index is 6.01. The topological polar surface area (TPSA) is 21.3 Å². The van der Waals surface area contributed by atoms with Gasteiger partial charge in [0.25, 0.3) is 0 Å². The molecule has 0 saturated heterocycles. The molecule has 18 heavy (non-hydrogen) atoms. The van der Waals surface area contributed by atoms with Gasteiger partial charge in [-0.1, -0.05) is 50.1 Å². The SMILES string of the molecule is CCNC(CC1CC1)C(OCC)c1ccccc1. The van der Waals surface area contributed by atoms with Gasteiger partial charge in [-0.25, -0.2) is 0 Å². The van der Waals surface area contributed by atoms with Crippen molar-refractivity contribution in [3.63, 3.8) is 0 Å². The highest BCUT2D eigenvalue weighted by Gasteiger charge is 2.30. The molecule has 0 amide bonds. The lowest BCUT2D eigenvalue weighted by Crippen LogP contribution is -2.36. The molecule has 1 aromatic rings. The van der Waals surface area contributed by atoms with Crippen LogP contribution < -0.4 is 5.32 Å². The summed E-state index contributed by atoms with van der Waals surface area (Å²) in [5, 5.41) is 3.61. The van der Waals surface area contributed by atoms with E-state index in [-0.39, 0.29) is 6.10 Å². The normalized spacial score (nSPS) is 18.6. The van der Waals surface area contributed by atoms with E-state index in [2.05, 4.69) is 49.5 Å². The highest BCUT2D eigenvalue weighted by atomic mass is 16.5. The van der Waals surface area contributed by atoms with Crippen molar-refractivity contribution in [3.05, 3.63) is 35.9 Å². The van der Waals surface area contributed by atoms with Crippen molar-refractivity contribution in [2.24, 2.45) is 5.92 Å². The molecule has 0 spiro atoms. The molecule has 2 heteroatoms. The van der Waals surface area contributed by atoms with Crippen LogP contribution in [0.4, 0.5) is 0 Å². The lowest BCUT2D eigenvalue weighted by Gasteiger charge is -2.28. The lowest BCUT2D eigenvalue weighted by atomic mass is 9.97. The van der Waals surface area contributed by atoms with Crippen molar-refractivity contribution in [2.75, 3.05) is 13.2 Å². The number of likely N-dealkylation sites (N-methyl/N-ethyl adjacent to an activating group) is 1. The third-order valence-corrected chi connectivity index (χ3v) is 3.59. The summed E-state index contributed by atoms with van der Waals surface area (Å²) in [6.45, 7) is 6.03. The number of ether oxygens (including phenoxy) is 1. The molecular formula is C16H25NO. The summed E-state index contributed by atoms with van der Waals surface area (Å²) in [5.41, 5.74) is 1.30. The zero-order valence-electron chi connectivity index (χ0n) is 11.6. The minimum atomic E-state index is 0.191. The minimum absolute atomic E-state index is 0.191. The Morgan fingerprint density at radius 3 is 2.50 bits per heavy atom. The van der Waals surface area contributed by atoms with Gasteiger partial charge in [0, 0.05) is 12.6 Å². The van der Waals surface area contributed by atoms with Gasteiger partial charge in [0.15, 0.2) is 0 Å². The van der Waals surface area contributed by atoms with E-state index >= 15 is 0 Å². The first kappa shape index (κ1) is 13.6. The zero-order valence-corrected chi connectivity index (χ0v) is 11.6. The molecule has 0 bridgehead atoms. The fraction of sp³-hybridized carbons (Fsp3) is 0.625. The fourth-order valence-corrected chi connectivity index (χ4v) is 2.56. The van der Waals surface area contributed by atoms with Gasteiger partial charge >= 0.3 is 0 Å². The molecule has 0 radical (unpaired) electrons. The van der Waals surface area contributed by atoms with E-state index in [0.29, 0.717) is 6.04 Å². The Bertz CT molecular complexity index is 334. The number of benzene rings is 1. The van der Waals surface area contributed by atoms with Crippen LogP contribution >= 0.6 is 0 Å². The molecule has 0 aliphatic heterocycles. The van der Waals surface area contributed by atoms with Crippen LogP contribution in [-0.2, 0) is 4.74 Å². The molecule has 1 fully saturated rings. The van der Waals surface area contributed by atoms with Gasteiger partial charge in [-0.15, -0.1) is 0 Å². The molecule has 1 aliphatic rings. The first-order chi connectivity index (χ1) is 8.85. The Balaban J connectivity index is 2.09. The predicted octanol–water partition coefficient (Wildman–Crippen LogP) is 3.54. The van der Waals surface area contributed by atoms with Crippen LogP contribution in [0.1, 0.15) is 44.8 Å². The molecule has 0 aromatic heterocycles. The Labute approximate surface area is 111 Å². The maximum atomic E-state index is 6.01. The van der Waals surface area contributed by atoms with Crippen molar-refractivity contribution in [2.45, 2.75) is 45.3 Å². The third kappa shape index (κ3) is 3.82. The van der Waals surface area contributed by atoms with Gasteiger partial charge in [0.1, 0.15) is 0 Å². The van der Waals surface area contributed by atoms with Gasteiger partial charge in [-0.05, 0) is 31.4 Å². The fourth-order valence-electron chi connectivity index (χ4n) is 2.56. The first-order valence-electron chi connectivity index (χ1n) is 7.25. The summed E-state index contributed by atoms with van der Waals surface area (Å²) >= 11 is 0. The summed E-state index contributed by atoms with van der Waals surface area (Å²) in [6, 6.07) is 11.1. The summed E-state index contributed by atoms with van der Waals surface area (Å²) in [7, 11) is 0. The second-order valence-electron chi connectivity index (χ2n) is 5.13. The van der Waals surface area contributed by atoms with Gasteiger partial charge in [0.2, 0.25) is 0 Å². The molecule has 1 aromatic carbocycles. The van der Waals surface area contributed by atoms with Crippen LogP contribution in [0.2, 0.25) is 0 Å². The van der Waals surface area contributed by atoms with Gasteiger partial charge in [-0.2, -0.15) is 0 Å². The monoisotopic (exact) mass is 247 g/mol. The summed E-state index contributed by atoms with van der Waals surface area (Å²) < 4.78 is 6.01. The van der Waals surface area contributed by atoms with Crippen molar-refractivity contribution in [1.82, 2.24) is 5.32 Å². The number of hydrogen-bond acceptors (Lipinski definition) is 2. The van der Waals surface area contributed by atoms with E-state index in [1.165, 1.54) is 24.8 Å². The molecule has 2 rings (SSSR count). The molecule has 2 unspecified atom stereocenters. The van der Waals surface area contributed by atoms with Crippen LogP contribution in [0.5, 0.6) is 0 Å². The van der Waals surface area contributed by atoms with Crippen molar-refractivity contribution < 1.29 is 4.74 Å². The summed E-state index contributed by atoms with van der Waals surface area (Å²) in [4.78, 5) is 0. The largest absolute Gasteiger partial charge is 0.372 e. The Morgan fingerprint density at radius 1 is 1.22 bits per heavy atom. The average molecular weight is 247 g/mol. The highest BCUT2D eigenvalue weighted by Crippen LogP contribution is 2.37. The average Bonchev–Trinajstić information content (AvgIpc) is 3.21. The molecule has 0 heterocycles. The number of hydrogen-bond donors (Lipinski definition) is 1. The zero-order chi connectivity index (χ0) is 12.8. The Kier molecular flexibility index (Phi) is 5.21. The predicted molar refractivity (Wildman–Crippen MR) is 75.6 cm³/mol. The van der Waals surface area contributed by atoms with Crippen LogP contribution in [0.3, 0.4) is 0 Å². The van der Waals surface area contributed by atoms with E-state index < -0.39 is 0 Å². The van der Waals surface area contributed by atoms with Crippen LogP contribution in [0, 0.1) is 5.92 Å². The lowest BCUT2D eigenvalue weighted by molar-refractivity contribution is 0.0298. The molecule has 1 saturated carbocycles. The van der Waals surface area contributed by atoms with Gasteiger partial charge < -0.3 is 10.1 Å². The Hall–Kier alpha value is -0.860. The van der Waals surface area contributed by atoms with E-state index in [9.17, 15) is 0 Å². The minimum Gasteiger partial charge on any atom is -0.372 e. The smallest absolute Gasteiger partial charge is 0.0977 e. The van der Waals surface area contributed by atoms with Crippen LogP contribution in [-0.4, -0.2) is 19.2 Å². The number of rotatable bonds is 8. The van der Waals surface area contributed by atoms with Crippen molar-refractivity contribution >= 4 is 0 Å². The van der Waals surface area contributed by atoms with E-state index in [1.54, 1.807) is 0 Å². The summed E-state index contributed by atoms with van der Waals surface area (Å²) in [6.07, 6.45) is 4.23. The molecule has 1 N–H and O–H groups in total. The second kappa shape index (κ2) is 6.91. The molecular weight excluding hydrogens is 222 g/mol. The molecule has 100 valence electrons. The second-order valence-corrected chi connectivity index (χ2v) is 5.13. The summed E-state index contributed by atoms with van der Waals surface area (Å²) in [5.74, 6) is 0.917. The van der Waals surface area contributed by atoms with E-state index in [4.69, 9.17) is 4.74 Å².